The predicted molar refractivity (Wildman–Crippen MR) is 113 cm³/mol. The highest BCUT2D eigenvalue weighted by Gasteiger charge is 2.25. The van der Waals surface area contributed by atoms with Gasteiger partial charge in [0.15, 0.2) is 17.6 Å². The van der Waals surface area contributed by atoms with Crippen molar-refractivity contribution in [1.29, 1.82) is 0 Å². The van der Waals surface area contributed by atoms with Gasteiger partial charge in [0, 0.05) is 51.5 Å². The van der Waals surface area contributed by atoms with Crippen LogP contribution in [0, 0.1) is 5.82 Å². The van der Waals surface area contributed by atoms with Gasteiger partial charge in [-0.15, -0.1) is 0 Å². The van der Waals surface area contributed by atoms with Gasteiger partial charge in [-0.1, -0.05) is 12.1 Å². The lowest BCUT2D eigenvalue weighted by atomic mass is 10.1. The van der Waals surface area contributed by atoms with Crippen molar-refractivity contribution in [2.75, 3.05) is 38.6 Å². The molecule has 3 N–H and O–H groups in total. The molecule has 1 fully saturated rings. The lowest BCUT2D eigenvalue weighted by Gasteiger charge is -2.20. The van der Waals surface area contributed by atoms with Crippen LogP contribution in [0.2, 0.25) is 0 Å². The van der Waals surface area contributed by atoms with Crippen molar-refractivity contribution in [1.82, 2.24) is 20.9 Å². The molecule has 8 heteroatoms. The topological polar surface area (TPSA) is 81.6 Å². The first-order chi connectivity index (χ1) is 14.1. The normalized spacial score (nSPS) is 16.6. The van der Waals surface area contributed by atoms with E-state index in [-0.39, 0.29) is 17.8 Å². The molecule has 1 unspecified atom stereocenters. The quantitative estimate of drug-likeness (QED) is 0.508. The second-order valence-corrected chi connectivity index (χ2v) is 6.91. The summed E-state index contributed by atoms with van der Waals surface area (Å²) < 4.78 is 13.9. The Labute approximate surface area is 170 Å². The molecule has 0 aliphatic carbocycles. The van der Waals surface area contributed by atoms with Crippen LogP contribution in [-0.4, -0.2) is 56.6 Å². The maximum Gasteiger partial charge on any atom is 0.251 e. The van der Waals surface area contributed by atoms with Crippen molar-refractivity contribution in [2.45, 2.75) is 18.9 Å². The van der Waals surface area contributed by atoms with Crippen LogP contribution in [-0.2, 0) is 6.42 Å². The molecule has 1 saturated heterocycles. The number of aliphatic imine (C=N–C) groups is 1. The molecular weight excluding hydrogens is 371 g/mol. The van der Waals surface area contributed by atoms with Gasteiger partial charge in [-0.3, -0.25) is 9.79 Å². The third kappa shape index (κ3) is 5.43. The molecule has 154 valence electrons. The minimum Gasteiger partial charge on any atom is -0.356 e. The summed E-state index contributed by atoms with van der Waals surface area (Å²) in [5.74, 6) is 0.721. The van der Waals surface area contributed by atoms with E-state index in [2.05, 4.69) is 25.9 Å². The fourth-order valence-corrected chi connectivity index (χ4v) is 3.41. The SMILES string of the molecule is CN=C(NCCc1cccc(C(=O)NC)c1)NC1CCN(c2ncccc2F)C1. The minimum atomic E-state index is -0.297. The molecule has 1 aromatic heterocycles. The number of carbonyl (C=O) groups excluding carboxylic acids is 1. The monoisotopic (exact) mass is 398 g/mol. The van der Waals surface area contributed by atoms with Crippen LogP contribution in [0.1, 0.15) is 22.3 Å². The largest absolute Gasteiger partial charge is 0.356 e. The van der Waals surface area contributed by atoms with E-state index in [1.165, 1.54) is 6.07 Å². The van der Waals surface area contributed by atoms with Crippen molar-refractivity contribution in [2.24, 2.45) is 4.99 Å². The smallest absolute Gasteiger partial charge is 0.251 e. The molecule has 1 aromatic carbocycles. The first kappa shape index (κ1) is 20.6. The Bertz CT molecular complexity index is 872. The number of anilines is 1. The molecule has 1 aliphatic heterocycles. The Hall–Kier alpha value is -3.16. The van der Waals surface area contributed by atoms with Gasteiger partial charge in [0.25, 0.3) is 5.91 Å². The molecule has 1 aliphatic rings. The fourth-order valence-electron chi connectivity index (χ4n) is 3.41. The maximum atomic E-state index is 13.9. The number of benzene rings is 1. The number of nitrogens with zero attached hydrogens (tertiary/aromatic N) is 3. The summed E-state index contributed by atoms with van der Waals surface area (Å²) in [5, 5.41) is 9.33. The van der Waals surface area contributed by atoms with E-state index in [0.717, 1.165) is 24.9 Å². The first-order valence-corrected chi connectivity index (χ1v) is 9.74. The van der Waals surface area contributed by atoms with Gasteiger partial charge in [0.2, 0.25) is 0 Å². The molecule has 29 heavy (non-hydrogen) atoms. The average molecular weight is 398 g/mol. The zero-order valence-corrected chi connectivity index (χ0v) is 16.8. The highest BCUT2D eigenvalue weighted by atomic mass is 19.1. The number of rotatable bonds is 6. The van der Waals surface area contributed by atoms with Gasteiger partial charge in [0.05, 0.1) is 0 Å². The molecule has 2 aromatic rings. The number of hydrogen-bond donors (Lipinski definition) is 3. The summed E-state index contributed by atoms with van der Waals surface area (Å²) in [6.07, 6.45) is 3.26. The Morgan fingerprint density at radius 3 is 2.97 bits per heavy atom. The van der Waals surface area contributed by atoms with E-state index in [9.17, 15) is 9.18 Å². The molecule has 1 atom stereocenters. The number of aromatic nitrogens is 1. The maximum absolute atomic E-state index is 13.9. The zero-order chi connectivity index (χ0) is 20.6. The molecule has 2 heterocycles. The molecule has 0 saturated carbocycles. The third-order valence-electron chi connectivity index (χ3n) is 4.91. The Morgan fingerprint density at radius 1 is 1.34 bits per heavy atom. The number of carbonyl (C=O) groups is 1. The molecule has 0 radical (unpaired) electrons. The number of guanidine groups is 1. The van der Waals surface area contributed by atoms with Crippen molar-refractivity contribution in [3.8, 4) is 0 Å². The molecule has 7 nitrogen and oxygen atoms in total. The van der Waals surface area contributed by atoms with Crippen molar-refractivity contribution in [3.63, 3.8) is 0 Å². The summed E-state index contributed by atoms with van der Waals surface area (Å²) in [7, 11) is 3.35. The highest BCUT2D eigenvalue weighted by molar-refractivity contribution is 5.94. The van der Waals surface area contributed by atoms with Gasteiger partial charge >= 0.3 is 0 Å². The number of pyridine rings is 1. The Balaban J connectivity index is 1.48. The van der Waals surface area contributed by atoms with Crippen molar-refractivity contribution < 1.29 is 9.18 Å². The molecular formula is C21H27FN6O. The molecule has 1 amide bonds. The van der Waals surface area contributed by atoms with Crippen molar-refractivity contribution >= 4 is 17.7 Å². The van der Waals surface area contributed by atoms with Crippen molar-refractivity contribution in [3.05, 3.63) is 59.5 Å². The van der Waals surface area contributed by atoms with Gasteiger partial charge < -0.3 is 20.9 Å². The van der Waals surface area contributed by atoms with E-state index in [0.29, 0.717) is 30.4 Å². The van der Waals surface area contributed by atoms with E-state index in [1.54, 1.807) is 32.4 Å². The number of nitrogens with one attached hydrogen (secondary N) is 3. The highest BCUT2D eigenvalue weighted by Crippen LogP contribution is 2.20. The summed E-state index contributed by atoms with van der Waals surface area (Å²) in [6, 6.07) is 10.8. The summed E-state index contributed by atoms with van der Waals surface area (Å²) >= 11 is 0. The van der Waals surface area contributed by atoms with E-state index < -0.39 is 0 Å². The Morgan fingerprint density at radius 2 is 2.21 bits per heavy atom. The molecule has 0 spiro atoms. The summed E-state index contributed by atoms with van der Waals surface area (Å²) in [4.78, 5) is 22.1. The van der Waals surface area contributed by atoms with E-state index >= 15 is 0 Å². The van der Waals surface area contributed by atoms with E-state index in [1.807, 2.05) is 23.1 Å². The summed E-state index contributed by atoms with van der Waals surface area (Å²) in [6.45, 7) is 2.10. The van der Waals surface area contributed by atoms with E-state index in [4.69, 9.17) is 0 Å². The summed E-state index contributed by atoms with van der Waals surface area (Å²) in [5.41, 5.74) is 1.73. The van der Waals surface area contributed by atoms with Crippen LogP contribution in [0.15, 0.2) is 47.6 Å². The second kappa shape index (κ2) is 9.86. The van der Waals surface area contributed by atoms with Crippen LogP contribution < -0.4 is 20.9 Å². The van der Waals surface area contributed by atoms with Crippen LogP contribution >= 0.6 is 0 Å². The molecule has 3 rings (SSSR count). The lowest BCUT2D eigenvalue weighted by Crippen LogP contribution is -2.45. The van der Waals surface area contributed by atoms with Gasteiger partial charge in [0.1, 0.15) is 0 Å². The van der Waals surface area contributed by atoms with Crippen LogP contribution in [0.3, 0.4) is 0 Å². The second-order valence-electron chi connectivity index (χ2n) is 6.91. The first-order valence-electron chi connectivity index (χ1n) is 9.74. The van der Waals surface area contributed by atoms with Crippen LogP contribution in [0.5, 0.6) is 0 Å². The fraction of sp³-hybridized carbons (Fsp3) is 0.381. The van der Waals surface area contributed by atoms with Crippen LogP contribution in [0.25, 0.3) is 0 Å². The minimum absolute atomic E-state index is 0.0904. The third-order valence-corrected chi connectivity index (χ3v) is 4.91. The Kier molecular flexibility index (Phi) is 6.99. The van der Waals surface area contributed by atoms with Gasteiger partial charge in [-0.2, -0.15) is 0 Å². The number of amides is 1. The van der Waals surface area contributed by atoms with Gasteiger partial charge in [-0.05, 0) is 42.7 Å². The lowest BCUT2D eigenvalue weighted by molar-refractivity contribution is 0.0963. The number of hydrogen-bond acceptors (Lipinski definition) is 4. The predicted octanol–water partition coefficient (Wildman–Crippen LogP) is 1.57. The average Bonchev–Trinajstić information content (AvgIpc) is 3.21. The standard InChI is InChI=1S/C21H27FN6O/c1-23-20(29)16-6-3-5-15(13-16)8-11-26-21(24-2)27-17-9-12-28(14-17)19-18(22)7-4-10-25-19/h3-7,10,13,17H,8-9,11-12,14H2,1-2H3,(H,23,29)(H2,24,26,27). The molecule has 0 bridgehead atoms. The van der Waals surface area contributed by atoms with Crippen LogP contribution in [0.4, 0.5) is 10.2 Å². The number of halogens is 1. The zero-order valence-electron chi connectivity index (χ0n) is 16.8. The van der Waals surface area contributed by atoms with Gasteiger partial charge in [-0.25, -0.2) is 9.37 Å².